The largest absolute Gasteiger partial charge is 0.316 e. The second-order valence-electron chi connectivity index (χ2n) is 5.66. The van der Waals surface area contributed by atoms with Crippen LogP contribution in [0.3, 0.4) is 0 Å². The summed E-state index contributed by atoms with van der Waals surface area (Å²) in [7, 11) is 1.45. The quantitative estimate of drug-likeness (QED) is 0.788. The molecular weight excluding hydrogens is 230 g/mol. The maximum Gasteiger partial charge on any atom is 0.0503 e. The molecule has 2 nitrogen and oxygen atoms in total. The van der Waals surface area contributed by atoms with Crippen molar-refractivity contribution in [1.82, 2.24) is 5.32 Å². The Balaban J connectivity index is 1.98. The van der Waals surface area contributed by atoms with E-state index in [1.807, 2.05) is 7.05 Å². The molecule has 2 aliphatic carbocycles. The standard InChI is InChI=1S/C14H27NOS/c1-15-13-10-6-3-7-11-14(13)17(16)12-8-4-2-5-9-12/h12-15H,2-11H2,1H3. The molecule has 0 aromatic carbocycles. The molecule has 2 saturated carbocycles. The van der Waals surface area contributed by atoms with E-state index >= 15 is 0 Å². The molecule has 2 aliphatic rings. The number of hydrogen-bond donors (Lipinski definition) is 1. The van der Waals surface area contributed by atoms with E-state index in [0.29, 0.717) is 16.5 Å². The predicted octanol–water partition coefficient (Wildman–Crippen LogP) is 2.99. The first-order valence-corrected chi connectivity index (χ1v) is 8.67. The molecule has 0 spiro atoms. The lowest BCUT2D eigenvalue weighted by Gasteiger charge is -2.30. The Labute approximate surface area is 108 Å². The second kappa shape index (κ2) is 6.89. The molecule has 3 atom stereocenters. The summed E-state index contributed by atoms with van der Waals surface area (Å²) in [5.41, 5.74) is 0. The zero-order chi connectivity index (χ0) is 12.1. The van der Waals surface area contributed by atoms with Crippen LogP contribution in [0, 0.1) is 0 Å². The Hall–Kier alpha value is 0.110. The van der Waals surface area contributed by atoms with Crippen molar-refractivity contribution >= 4 is 10.8 Å². The zero-order valence-electron chi connectivity index (χ0n) is 11.1. The van der Waals surface area contributed by atoms with Gasteiger partial charge in [-0.05, 0) is 32.7 Å². The van der Waals surface area contributed by atoms with Crippen molar-refractivity contribution in [2.24, 2.45) is 0 Å². The number of nitrogens with one attached hydrogen (secondary N) is 1. The molecule has 2 fully saturated rings. The summed E-state index contributed by atoms with van der Waals surface area (Å²) >= 11 is 0. The van der Waals surface area contributed by atoms with E-state index in [2.05, 4.69) is 5.32 Å². The Morgan fingerprint density at radius 2 is 1.47 bits per heavy atom. The number of hydrogen-bond acceptors (Lipinski definition) is 2. The molecule has 0 radical (unpaired) electrons. The lowest BCUT2D eigenvalue weighted by atomic mass is 10.0. The van der Waals surface area contributed by atoms with Crippen molar-refractivity contribution < 1.29 is 4.21 Å². The van der Waals surface area contributed by atoms with Gasteiger partial charge in [-0.3, -0.25) is 4.21 Å². The summed E-state index contributed by atoms with van der Waals surface area (Å²) in [5.74, 6) is 0. The summed E-state index contributed by atoms with van der Waals surface area (Å²) in [6.45, 7) is 0. The second-order valence-corrected chi connectivity index (χ2v) is 7.59. The molecule has 1 N–H and O–H groups in total. The third kappa shape index (κ3) is 3.54. The van der Waals surface area contributed by atoms with Crippen LogP contribution >= 0.6 is 0 Å². The molecule has 0 aromatic heterocycles. The Morgan fingerprint density at radius 3 is 2.12 bits per heavy atom. The highest BCUT2D eigenvalue weighted by Gasteiger charge is 2.32. The third-order valence-corrected chi connectivity index (χ3v) is 6.79. The number of rotatable bonds is 3. The average molecular weight is 257 g/mol. The van der Waals surface area contributed by atoms with Crippen molar-refractivity contribution in [1.29, 1.82) is 0 Å². The van der Waals surface area contributed by atoms with E-state index in [1.165, 1.54) is 64.2 Å². The zero-order valence-corrected chi connectivity index (χ0v) is 11.9. The first-order chi connectivity index (χ1) is 8.33. The van der Waals surface area contributed by atoms with Crippen molar-refractivity contribution in [2.45, 2.75) is 80.7 Å². The van der Waals surface area contributed by atoms with Crippen LogP contribution in [-0.4, -0.2) is 27.8 Å². The van der Waals surface area contributed by atoms with Gasteiger partial charge in [-0.1, -0.05) is 38.5 Å². The minimum absolute atomic E-state index is 0.422. The van der Waals surface area contributed by atoms with Crippen molar-refractivity contribution in [3.05, 3.63) is 0 Å². The molecule has 0 aliphatic heterocycles. The van der Waals surface area contributed by atoms with Gasteiger partial charge in [0.15, 0.2) is 0 Å². The van der Waals surface area contributed by atoms with Gasteiger partial charge < -0.3 is 5.32 Å². The summed E-state index contributed by atoms with van der Waals surface area (Å²) in [6, 6.07) is 0.500. The fraction of sp³-hybridized carbons (Fsp3) is 1.00. The molecule has 0 amide bonds. The predicted molar refractivity (Wildman–Crippen MR) is 74.7 cm³/mol. The van der Waals surface area contributed by atoms with Gasteiger partial charge >= 0.3 is 0 Å². The van der Waals surface area contributed by atoms with Gasteiger partial charge in [-0.25, -0.2) is 0 Å². The van der Waals surface area contributed by atoms with Crippen LogP contribution in [0.4, 0.5) is 0 Å². The minimum atomic E-state index is -0.596. The van der Waals surface area contributed by atoms with E-state index < -0.39 is 10.8 Å². The molecule has 0 bridgehead atoms. The van der Waals surface area contributed by atoms with Gasteiger partial charge in [0, 0.05) is 22.1 Å². The van der Waals surface area contributed by atoms with Crippen LogP contribution in [-0.2, 0) is 10.8 Å². The van der Waals surface area contributed by atoms with E-state index in [4.69, 9.17) is 0 Å². The van der Waals surface area contributed by atoms with Crippen LogP contribution < -0.4 is 5.32 Å². The van der Waals surface area contributed by atoms with Crippen molar-refractivity contribution in [3.63, 3.8) is 0 Å². The van der Waals surface area contributed by atoms with Crippen LogP contribution in [0.25, 0.3) is 0 Å². The molecule has 0 heterocycles. The minimum Gasteiger partial charge on any atom is -0.316 e. The Kier molecular flexibility index (Phi) is 5.49. The van der Waals surface area contributed by atoms with Crippen molar-refractivity contribution in [2.75, 3.05) is 7.05 Å². The first kappa shape index (κ1) is 13.5. The average Bonchev–Trinajstić information content (AvgIpc) is 2.64. The van der Waals surface area contributed by atoms with Crippen LogP contribution in [0.5, 0.6) is 0 Å². The van der Waals surface area contributed by atoms with Crippen LogP contribution in [0.1, 0.15) is 64.2 Å². The van der Waals surface area contributed by atoms with E-state index in [-0.39, 0.29) is 0 Å². The van der Waals surface area contributed by atoms with E-state index in [0.717, 1.165) is 0 Å². The van der Waals surface area contributed by atoms with Gasteiger partial charge in [-0.2, -0.15) is 0 Å². The van der Waals surface area contributed by atoms with Crippen LogP contribution in [0.2, 0.25) is 0 Å². The van der Waals surface area contributed by atoms with Gasteiger partial charge in [0.2, 0.25) is 0 Å². The fourth-order valence-corrected chi connectivity index (χ4v) is 5.71. The first-order valence-electron chi connectivity index (χ1n) is 7.39. The lowest BCUT2D eigenvalue weighted by molar-refractivity contribution is 0.474. The highest BCUT2D eigenvalue weighted by molar-refractivity contribution is 7.86. The fourth-order valence-electron chi connectivity index (χ4n) is 3.43. The highest BCUT2D eigenvalue weighted by Crippen LogP contribution is 2.29. The summed E-state index contributed by atoms with van der Waals surface area (Å²) in [4.78, 5) is 0. The van der Waals surface area contributed by atoms with E-state index in [1.54, 1.807) is 0 Å². The van der Waals surface area contributed by atoms with Gasteiger partial charge in [0.05, 0.1) is 5.25 Å². The summed E-state index contributed by atoms with van der Waals surface area (Å²) < 4.78 is 12.7. The van der Waals surface area contributed by atoms with Crippen LogP contribution in [0.15, 0.2) is 0 Å². The maximum atomic E-state index is 12.7. The molecule has 2 rings (SSSR count). The molecule has 100 valence electrons. The topological polar surface area (TPSA) is 29.1 Å². The molecule has 0 saturated heterocycles. The molecular formula is C14H27NOS. The smallest absolute Gasteiger partial charge is 0.0503 e. The van der Waals surface area contributed by atoms with Gasteiger partial charge in [0.25, 0.3) is 0 Å². The van der Waals surface area contributed by atoms with Gasteiger partial charge in [-0.15, -0.1) is 0 Å². The lowest BCUT2D eigenvalue weighted by Crippen LogP contribution is -2.42. The molecule has 0 aromatic rings. The maximum absolute atomic E-state index is 12.7. The third-order valence-electron chi connectivity index (χ3n) is 4.50. The summed E-state index contributed by atoms with van der Waals surface area (Å²) in [5, 5.41) is 4.35. The van der Waals surface area contributed by atoms with Crippen molar-refractivity contribution in [3.8, 4) is 0 Å². The molecule has 3 unspecified atom stereocenters. The molecule has 3 heteroatoms. The SMILES string of the molecule is CNC1CCCCCC1S(=O)C1CCCCC1. The highest BCUT2D eigenvalue weighted by atomic mass is 32.2. The summed E-state index contributed by atoms with van der Waals surface area (Å²) in [6.07, 6.45) is 12.7. The normalized spacial score (nSPS) is 34.2. The van der Waals surface area contributed by atoms with E-state index in [9.17, 15) is 4.21 Å². The monoisotopic (exact) mass is 257 g/mol. The Bertz CT molecular complexity index is 251. The molecule has 17 heavy (non-hydrogen) atoms. The van der Waals surface area contributed by atoms with Gasteiger partial charge in [0.1, 0.15) is 0 Å². The Morgan fingerprint density at radius 1 is 0.882 bits per heavy atom.